The van der Waals surface area contributed by atoms with E-state index < -0.39 is 0 Å². The highest BCUT2D eigenvalue weighted by atomic mass is 35.5. The minimum Gasteiger partial charge on any atom is -0.350 e. The van der Waals surface area contributed by atoms with Crippen LogP contribution in [0.3, 0.4) is 0 Å². The number of carbonyl (C=O) groups excluding carboxylic acids is 1. The van der Waals surface area contributed by atoms with Gasteiger partial charge in [0.1, 0.15) is 5.69 Å². The summed E-state index contributed by atoms with van der Waals surface area (Å²) >= 11 is 0. The molecule has 1 atom stereocenters. The molecule has 0 saturated carbocycles. The van der Waals surface area contributed by atoms with E-state index in [0.717, 1.165) is 25.3 Å². The molecule has 1 unspecified atom stereocenters. The molecule has 0 aliphatic carbocycles. The second-order valence-electron chi connectivity index (χ2n) is 6.34. The lowest BCUT2D eigenvalue weighted by Gasteiger charge is -2.22. The average Bonchev–Trinajstić information content (AvgIpc) is 2.87. The number of nitrogens with zero attached hydrogens (tertiary/aromatic N) is 1. The number of aromatic nitrogens is 2. The number of nitrogens with one attached hydrogen (secondary N) is 3. The van der Waals surface area contributed by atoms with E-state index in [2.05, 4.69) is 41.6 Å². The second kappa shape index (κ2) is 7.09. The lowest BCUT2D eigenvalue weighted by Crippen LogP contribution is -2.38. The van der Waals surface area contributed by atoms with Crippen molar-refractivity contribution in [1.82, 2.24) is 20.8 Å². The number of hydrogen-bond acceptors (Lipinski definition) is 3. The molecule has 114 valence electrons. The van der Waals surface area contributed by atoms with Gasteiger partial charge < -0.3 is 10.6 Å². The molecule has 0 bridgehead atoms. The third-order valence-corrected chi connectivity index (χ3v) is 3.57. The Bertz CT molecular complexity index is 433. The molecule has 0 aromatic carbocycles. The van der Waals surface area contributed by atoms with E-state index in [1.54, 1.807) is 0 Å². The number of aromatic amines is 1. The maximum Gasteiger partial charge on any atom is 0.271 e. The summed E-state index contributed by atoms with van der Waals surface area (Å²) in [4.78, 5) is 12.0. The van der Waals surface area contributed by atoms with Gasteiger partial charge in [-0.2, -0.15) is 5.10 Å². The van der Waals surface area contributed by atoms with Gasteiger partial charge in [-0.05, 0) is 37.9 Å². The molecular weight excluding hydrogens is 276 g/mol. The lowest BCUT2D eigenvalue weighted by molar-refractivity contribution is 0.0940. The Kier molecular flexibility index (Phi) is 6.02. The number of carbonyl (C=O) groups is 1. The number of amides is 1. The van der Waals surface area contributed by atoms with Crippen molar-refractivity contribution in [3.8, 4) is 0 Å². The Hall–Kier alpha value is -1.07. The fourth-order valence-corrected chi connectivity index (χ4v) is 2.25. The third kappa shape index (κ3) is 4.49. The van der Waals surface area contributed by atoms with Crippen LogP contribution in [0.4, 0.5) is 0 Å². The van der Waals surface area contributed by atoms with E-state index in [1.165, 1.54) is 12.8 Å². The summed E-state index contributed by atoms with van der Waals surface area (Å²) in [7, 11) is 0. The molecule has 0 spiro atoms. The highest BCUT2D eigenvalue weighted by Crippen LogP contribution is 2.20. The lowest BCUT2D eigenvalue weighted by atomic mass is 9.92. The molecule has 1 aromatic rings. The Morgan fingerprint density at radius 3 is 2.80 bits per heavy atom. The van der Waals surface area contributed by atoms with E-state index in [1.807, 2.05) is 6.07 Å². The molecule has 20 heavy (non-hydrogen) atoms. The summed E-state index contributed by atoms with van der Waals surface area (Å²) in [6.45, 7) is 9.10. The van der Waals surface area contributed by atoms with Crippen LogP contribution in [0.2, 0.25) is 0 Å². The van der Waals surface area contributed by atoms with Gasteiger partial charge in [-0.15, -0.1) is 12.4 Å². The summed E-state index contributed by atoms with van der Waals surface area (Å²) in [5, 5.41) is 13.4. The van der Waals surface area contributed by atoms with Gasteiger partial charge in [0.05, 0.1) is 0 Å². The largest absolute Gasteiger partial charge is 0.350 e. The van der Waals surface area contributed by atoms with E-state index in [9.17, 15) is 4.79 Å². The van der Waals surface area contributed by atoms with Gasteiger partial charge >= 0.3 is 0 Å². The van der Waals surface area contributed by atoms with Crippen molar-refractivity contribution in [3.05, 3.63) is 17.5 Å². The Balaban J connectivity index is 0.00000200. The topological polar surface area (TPSA) is 69.8 Å². The SMILES string of the molecule is CC(C)(C)c1cc(C(=O)NCC2CCCNC2)n[nH]1.Cl. The molecule has 1 fully saturated rings. The van der Waals surface area contributed by atoms with Crippen molar-refractivity contribution in [2.75, 3.05) is 19.6 Å². The smallest absolute Gasteiger partial charge is 0.271 e. The van der Waals surface area contributed by atoms with Crippen molar-refractivity contribution in [3.63, 3.8) is 0 Å². The Morgan fingerprint density at radius 1 is 1.50 bits per heavy atom. The number of rotatable bonds is 3. The highest BCUT2D eigenvalue weighted by molar-refractivity contribution is 5.92. The number of halogens is 1. The molecule has 5 nitrogen and oxygen atoms in total. The molecular formula is C14H25ClN4O. The van der Waals surface area contributed by atoms with Crippen LogP contribution in [0.1, 0.15) is 49.8 Å². The van der Waals surface area contributed by atoms with Gasteiger partial charge in [-0.1, -0.05) is 20.8 Å². The van der Waals surface area contributed by atoms with Crippen LogP contribution < -0.4 is 10.6 Å². The van der Waals surface area contributed by atoms with E-state index >= 15 is 0 Å². The zero-order valence-corrected chi connectivity index (χ0v) is 13.3. The molecule has 6 heteroatoms. The van der Waals surface area contributed by atoms with Gasteiger partial charge in [-0.25, -0.2) is 0 Å². The molecule has 0 radical (unpaired) electrons. The van der Waals surface area contributed by atoms with Crippen LogP contribution in [0, 0.1) is 5.92 Å². The standard InChI is InChI=1S/C14H24N4O.ClH/c1-14(2,3)12-7-11(17-18-12)13(19)16-9-10-5-4-6-15-8-10;/h7,10,15H,4-6,8-9H2,1-3H3,(H,16,19)(H,17,18);1H. The zero-order chi connectivity index (χ0) is 13.9. The molecule has 2 rings (SSSR count). The fourth-order valence-electron chi connectivity index (χ4n) is 2.25. The first-order chi connectivity index (χ1) is 8.97. The van der Waals surface area contributed by atoms with Gasteiger partial charge in [0.2, 0.25) is 0 Å². The van der Waals surface area contributed by atoms with Crippen LogP contribution in [-0.2, 0) is 5.41 Å². The normalized spacial score (nSPS) is 19.2. The van der Waals surface area contributed by atoms with Crippen molar-refractivity contribution in [2.45, 2.75) is 39.0 Å². The van der Waals surface area contributed by atoms with E-state index in [0.29, 0.717) is 11.6 Å². The summed E-state index contributed by atoms with van der Waals surface area (Å²) in [6, 6.07) is 1.84. The quantitative estimate of drug-likeness (QED) is 0.798. The predicted molar refractivity (Wildman–Crippen MR) is 82.5 cm³/mol. The maximum absolute atomic E-state index is 12.0. The Morgan fingerprint density at radius 2 is 2.25 bits per heavy atom. The highest BCUT2D eigenvalue weighted by Gasteiger charge is 2.20. The van der Waals surface area contributed by atoms with Crippen molar-refractivity contribution in [1.29, 1.82) is 0 Å². The molecule has 1 aromatic heterocycles. The first-order valence-corrected chi connectivity index (χ1v) is 7.01. The van der Waals surface area contributed by atoms with Gasteiger partial charge in [0, 0.05) is 17.7 Å². The molecule has 1 aliphatic heterocycles. The van der Waals surface area contributed by atoms with E-state index in [-0.39, 0.29) is 23.7 Å². The predicted octanol–water partition coefficient (Wildman–Crippen LogP) is 1.86. The molecule has 1 saturated heterocycles. The van der Waals surface area contributed by atoms with Crippen LogP contribution in [0.5, 0.6) is 0 Å². The monoisotopic (exact) mass is 300 g/mol. The van der Waals surface area contributed by atoms with Crippen LogP contribution in [0.25, 0.3) is 0 Å². The number of hydrogen-bond donors (Lipinski definition) is 3. The molecule has 1 aliphatic rings. The summed E-state index contributed by atoms with van der Waals surface area (Å²) in [6.07, 6.45) is 2.37. The Labute approximate surface area is 126 Å². The summed E-state index contributed by atoms with van der Waals surface area (Å²) < 4.78 is 0. The zero-order valence-electron chi connectivity index (χ0n) is 12.5. The van der Waals surface area contributed by atoms with Crippen molar-refractivity contribution < 1.29 is 4.79 Å². The van der Waals surface area contributed by atoms with Gasteiger partial charge in [0.25, 0.3) is 5.91 Å². The molecule has 2 heterocycles. The second-order valence-corrected chi connectivity index (χ2v) is 6.34. The first-order valence-electron chi connectivity index (χ1n) is 7.01. The van der Waals surface area contributed by atoms with Crippen molar-refractivity contribution in [2.24, 2.45) is 5.92 Å². The maximum atomic E-state index is 12.0. The fraction of sp³-hybridized carbons (Fsp3) is 0.714. The number of piperidine rings is 1. The van der Waals surface area contributed by atoms with Crippen molar-refractivity contribution >= 4 is 18.3 Å². The van der Waals surface area contributed by atoms with Gasteiger partial charge in [0.15, 0.2) is 0 Å². The first kappa shape index (κ1) is 17.0. The van der Waals surface area contributed by atoms with Crippen LogP contribution in [0.15, 0.2) is 6.07 Å². The average molecular weight is 301 g/mol. The molecule has 3 N–H and O–H groups in total. The minimum absolute atomic E-state index is 0. The third-order valence-electron chi connectivity index (χ3n) is 3.57. The van der Waals surface area contributed by atoms with Crippen LogP contribution >= 0.6 is 12.4 Å². The van der Waals surface area contributed by atoms with E-state index in [4.69, 9.17) is 0 Å². The summed E-state index contributed by atoms with van der Waals surface area (Å²) in [5.41, 5.74) is 1.45. The van der Waals surface area contributed by atoms with Crippen LogP contribution in [-0.4, -0.2) is 35.7 Å². The van der Waals surface area contributed by atoms with Gasteiger partial charge in [-0.3, -0.25) is 9.89 Å². The minimum atomic E-state index is -0.0858. The summed E-state index contributed by atoms with van der Waals surface area (Å²) in [5.74, 6) is 0.455. The number of H-pyrrole nitrogens is 1. The molecule has 1 amide bonds.